The average molecular weight is 490 g/mol. The Balaban J connectivity index is 1.61. The van der Waals surface area contributed by atoms with E-state index in [0.29, 0.717) is 11.0 Å². The Morgan fingerprint density at radius 1 is 1.18 bits per heavy atom. The molecular formula is C20H16FN5O5S2. The van der Waals surface area contributed by atoms with E-state index in [1.54, 1.807) is 18.2 Å². The van der Waals surface area contributed by atoms with Crippen molar-refractivity contribution in [3.05, 3.63) is 56.7 Å². The number of benzene rings is 1. The van der Waals surface area contributed by atoms with Gasteiger partial charge in [0.2, 0.25) is 5.16 Å². The number of methoxy groups -OCH3 is 2. The van der Waals surface area contributed by atoms with Crippen LogP contribution < -0.4 is 5.56 Å². The van der Waals surface area contributed by atoms with Crippen molar-refractivity contribution in [2.45, 2.75) is 17.3 Å². The van der Waals surface area contributed by atoms with Crippen LogP contribution in [0.15, 0.2) is 34.2 Å². The number of nitrogens with zero attached hydrogens (tertiary/aromatic N) is 3. The van der Waals surface area contributed by atoms with Crippen LogP contribution in [0, 0.1) is 5.82 Å². The summed E-state index contributed by atoms with van der Waals surface area (Å²) in [5.74, 6) is -0.901. The molecule has 0 unspecified atom stereocenters. The standard InChI is InChI=1S/C20H16FN5O5S2/c1-30-13(27)7-10-14-17(28)22-12(23-18(14)33-15(10)19(29)31-2)8-32-20-24-16(25-26-20)9-5-3-4-6-11(9)21/h3-6H,7-8H2,1-2H3,(H,22,23,28)(H,24,25,26). The molecule has 0 aliphatic rings. The third-order valence-corrected chi connectivity index (χ3v) is 6.53. The number of hydrogen-bond donors (Lipinski definition) is 2. The van der Waals surface area contributed by atoms with Crippen LogP contribution in [0.1, 0.15) is 21.1 Å². The number of ether oxygens (including phenoxy) is 2. The second kappa shape index (κ2) is 9.50. The van der Waals surface area contributed by atoms with Gasteiger partial charge in [0, 0.05) is 5.56 Å². The first-order valence-corrected chi connectivity index (χ1v) is 11.2. The highest BCUT2D eigenvalue weighted by Gasteiger charge is 2.25. The number of thiophene rings is 1. The molecule has 0 atom stereocenters. The fourth-order valence-electron chi connectivity index (χ4n) is 3.04. The molecule has 4 aromatic rings. The molecule has 2 N–H and O–H groups in total. The SMILES string of the molecule is COC(=O)Cc1c(C(=O)OC)sc2nc(CSc3n[nH]c(-c4ccccc4F)n3)[nH]c(=O)c12. The smallest absolute Gasteiger partial charge is 0.348 e. The largest absolute Gasteiger partial charge is 0.469 e. The van der Waals surface area contributed by atoms with E-state index in [1.807, 2.05) is 0 Å². The minimum absolute atomic E-state index is 0.115. The van der Waals surface area contributed by atoms with Crippen molar-refractivity contribution in [2.24, 2.45) is 0 Å². The van der Waals surface area contributed by atoms with Gasteiger partial charge in [-0.3, -0.25) is 14.7 Å². The minimum atomic E-state index is -0.673. The lowest BCUT2D eigenvalue weighted by Crippen LogP contribution is -2.15. The number of hydrogen-bond acceptors (Lipinski definition) is 10. The molecule has 3 heterocycles. The van der Waals surface area contributed by atoms with E-state index in [4.69, 9.17) is 4.74 Å². The van der Waals surface area contributed by atoms with Gasteiger partial charge in [0.05, 0.1) is 37.3 Å². The van der Waals surface area contributed by atoms with E-state index in [-0.39, 0.29) is 44.2 Å². The number of carbonyl (C=O) groups is 2. The van der Waals surface area contributed by atoms with Crippen molar-refractivity contribution in [3.8, 4) is 11.4 Å². The van der Waals surface area contributed by atoms with E-state index < -0.39 is 23.3 Å². The maximum atomic E-state index is 13.9. The highest BCUT2D eigenvalue weighted by atomic mass is 32.2. The van der Waals surface area contributed by atoms with Crippen LogP contribution in [-0.2, 0) is 26.4 Å². The Morgan fingerprint density at radius 2 is 1.97 bits per heavy atom. The van der Waals surface area contributed by atoms with Crippen molar-refractivity contribution in [1.29, 1.82) is 0 Å². The lowest BCUT2D eigenvalue weighted by Gasteiger charge is -2.02. The first kappa shape index (κ1) is 22.6. The number of thioether (sulfide) groups is 1. The van der Waals surface area contributed by atoms with Gasteiger partial charge < -0.3 is 14.5 Å². The number of nitrogens with one attached hydrogen (secondary N) is 2. The number of esters is 2. The summed E-state index contributed by atoms with van der Waals surface area (Å²) in [7, 11) is 2.42. The van der Waals surface area contributed by atoms with Gasteiger partial charge in [-0.1, -0.05) is 23.9 Å². The molecule has 0 radical (unpaired) electrons. The number of aromatic amines is 2. The van der Waals surface area contributed by atoms with Crippen LogP contribution in [0.25, 0.3) is 21.6 Å². The third-order valence-electron chi connectivity index (χ3n) is 4.56. The zero-order chi connectivity index (χ0) is 23.5. The minimum Gasteiger partial charge on any atom is -0.469 e. The molecule has 10 nitrogen and oxygen atoms in total. The topological polar surface area (TPSA) is 140 Å². The Labute approximate surface area is 193 Å². The normalized spacial score (nSPS) is 11.0. The second-order valence-electron chi connectivity index (χ2n) is 6.58. The van der Waals surface area contributed by atoms with Crippen molar-refractivity contribution >= 4 is 45.3 Å². The molecule has 0 fully saturated rings. The number of fused-ring (bicyclic) bond motifs is 1. The van der Waals surface area contributed by atoms with Gasteiger partial charge in [0.1, 0.15) is 21.3 Å². The first-order chi connectivity index (χ1) is 15.9. The molecule has 3 aromatic heterocycles. The molecule has 0 spiro atoms. The van der Waals surface area contributed by atoms with Crippen LogP contribution in [0.3, 0.4) is 0 Å². The van der Waals surface area contributed by atoms with Gasteiger partial charge in [0.15, 0.2) is 5.82 Å². The Kier molecular flexibility index (Phi) is 6.51. The monoisotopic (exact) mass is 489 g/mol. The molecule has 4 rings (SSSR count). The zero-order valence-electron chi connectivity index (χ0n) is 17.3. The van der Waals surface area contributed by atoms with Crippen LogP contribution in [0.4, 0.5) is 4.39 Å². The molecule has 0 aliphatic carbocycles. The summed E-state index contributed by atoms with van der Waals surface area (Å²) in [5.41, 5.74) is 0.00458. The van der Waals surface area contributed by atoms with Crippen molar-refractivity contribution in [1.82, 2.24) is 25.1 Å². The molecular weight excluding hydrogens is 473 g/mol. The molecule has 0 saturated heterocycles. The molecule has 1 aromatic carbocycles. The molecule has 33 heavy (non-hydrogen) atoms. The number of H-pyrrole nitrogens is 2. The van der Waals surface area contributed by atoms with Crippen LogP contribution in [0.5, 0.6) is 0 Å². The number of carbonyl (C=O) groups excluding carboxylic acids is 2. The number of aromatic nitrogens is 5. The summed E-state index contributed by atoms with van der Waals surface area (Å²) in [6, 6.07) is 6.18. The van der Waals surface area contributed by atoms with Crippen molar-refractivity contribution in [3.63, 3.8) is 0 Å². The molecule has 0 aliphatic heterocycles. The molecule has 0 bridgehead atoms. The second-order valence-corrected chi connectivity index (χ2v) is 8.52. The lowest BCUT2D eigenvalue weighted by atomic mass is 10.1. The maximum Gasteiger partial charge on any atom is 0.348 e. The summed E-state index contributed by atoms with van der Waals surface area (Å²) in [5, 5.41) is 7.22. The quantitative estimate of drug-likeness (QED) is 0.296. The summed E-state index contributed by atoms with van der Waals surface area (Å²) >= 11 is 2.14. The van der Waals surface area contributed by atoms with Crippen molar-refractivity contribution in [2.75, 3.05) is 14.2 Å². The molecule has 13 heteroatoms. The summed E-state index contributed by atoms with van der Waals surface area (Å²) < 4.78 is 23.4. The van der Waals surface area contributed by atoms with E-state index in [2.05, 4.69) is 29.9 Å². The Morgan fingerprint density at radius 3 is 2.70 bits per heavy atom. The summed E-state index contributed by atoms with van der Waals surface area (Å²) in [4.78, 5) is 48.5. The fourth-order valence-corrected chi connectivity index (χ4v) is 4.84. The van der Waals surface area contributed by atoms with Gasteiger partial charge in [-0.2, -0.15) is 0 Å². The van der Waals surface area contributed by atoms with Crippen LogP contribution in [0.2, 0.25) is 0 Å². The van der Waals surface area contributed by atoms with E-state index in [0.717, 1.165) is 11.3 Å². The first-order valence-electron chi connectivity index (χ1n) is 9.41. The lowest BCUT2D eigenvalue weighted by molar-refractivity contribution is -0.139. The molecule has 170 valence electrons. The van der Waals surface area contributed by atoms with Gasteiger partial charge in [0.25, 0.3) is 5.56 Å². The third kappa shape index (κ3) is 4.64. The van der Waals surface area contributed by atoms with E-state index >= 15 is 0 Å². The molecule has 0 saturated carbocycles. The van der Waals surface area contributed by atoms with Gasteiger partial charge in [-0.15, -0.1) is 16.4 Å². The maximum absolute atomic E-state index is 13.9. The Hall–Kier alpha value is -3.58. The van der Waals surface area contributed by atoms with Crippen LogP contribution >= 0.6 is 23.1 Å². The van der Waals surface area contributed by atoms with Crippen molar-refractivity contribution < 1.29 is 23.5 Å². The van der Waals surface area contributed by atoms with E-state index in [1.165, 1.54) is 32.0 Å². The highest BCUT2D eigenvalue weighted by molar-refractivity contribution is 7.98. The average Bonchev–Trinajstić information content (AvgIpc) is 3.42. The van der Waals surface area contributed by atoms with Gasteiger partial charge in [-0.05, 0) is 12.1 Å². The highest BCUT2D eigenvalue weighted by Crippen LogP contribution is 2.30. The van der Waals surface area contributed by atoms with Crippen LogP contribution in [-0.4, -0.2) is 51.3 Å². The van der Waals surface area contributed by atoms with E-state index in [9.17, 15) is 18.8 Å². The summed E-state index contributed by atoms with van der Waals surface area (Å²) in [6.45, 7) is 0. The van der Waals surface area contributed by atoms with Gasteiger partial charge >= 0.3 is 11.9 Å². The number of rotatable bonds is 7. The molecule has 0 amide bonds. The predicted octanol–water partition coefficient (Wildman–Crippen LogP) is 2.70. The zero-order valence-corrected chi connectivity index (χ0v) is 18.9. The Bertz CT molecular complexity index is 1410. The predicted molar refractivity (Wildman–Crippen MR) is 119 cm³/mol. The fraction of sp³-hybridized carbons (Fsp3) is 0.200. The number of halogens is 1. The summed E-state index contributed by atoms with van der Waals surface area (Å²) in [6.07, 6.45) is -0.268. The van der Waals surface area contributed by atoms with Gasteiger partial charge in [-0.25, -0.2) is 19.2 Å².